The molecule has 0 aliphatic carbocycles. The zero-order chi connectivity index (χ0) is 18.4. The molecule has 1 aliphatic heterocycles. The number of anilines is 2. The summed E-state index contributed by atoms with van der Waals surface area (Å²) in [5, 5.41) is 6.97. The van der Waals surface area contributed by atoms with Crippen molar-refractivity contribution in [1.82, 2.24) is 9.88 Å². The zero-order valence-electron chi connectivity index (χ0n) is 14.2. The van der Waals surface area contributed by atoms with Crippen LogP contribution in [0.4, 0.5) is 11.4 Å². The lowest BCUT2D eigenvalue weighted by Gasteiger charge is -2.26. The van der Waals surface area contributed by atoms with Gasteiger partial charge in [-0.05, 0) is 30.3 Å². The first-order valence-electron chi connectivity index (χ1n) is 8.37. The Morgan fingerprint density at radius 1 is 1.12 bits per heavy atom. The molecule has 1 fully saturated rings. The fourth-order valence-electron chi connectivity index (χ4n) is 2.64. The Bertz CT molecular complexity index is 729. The molecule has 8 heteroatoms. The van der Waals surface area contributed by atoms with Gasteiger partial charge in [-0.15, -0.1) is 0 Å². The Balaban J connectivity index is 1.50. The molecule has 1 saturated heterocycles. The van der Waals surface area contributed by atoms with Gasteiger partial charge in [-0.1, -0.05) is 23.2 Å². The second-order valence-corrected chi connectivity index (χ2v) is 6.80. The Kier molecular flexibility index (Phi) is 6.68. The van der Waals surface area contributed by atoms with Crippen molar-refractivity contribution in [2.75, 3.05) is 50.0 Å². The second-order valence-electron chi connectivity index (χ2n) is 5.93. The van der Waals surface area contributed by atoms with Crippen molar-refractivity contribution in [3.05, 3.63) is 52.3 Å². The number of benzene rings is 1. The number of amides is 1. The van der Waals surface area contributed by atoms with Crippen LogP contribution in [0.5, 0.6) is 0 Å². The summed E-state index contributed by atoms with van der Waals surface area (Å²) in [6.07, 6.45) is 1.65. The third-order valence-electron chi connectivity index (χ3n) is 3.98. The van der Waals surface area contributed by atoms with Gasteiger partial charge in [0.05, 0.1) is 25.1 Å². The molecular formula is C18H20Cl2N4O2. The molecule has 2 N–H and O–H groups in total. The quantitative estimate of drug-likeness (QED) is 0.785. The number of aromatic nitrogens is 1. The summed E-state index contributed by atoms with van der Waals surface area (Å²) in [5.74, 6) is -0.316. The molecular weight excluding hydrogens is 375 g/mol. The maximum Gasteiger partial charge on any atom is 0.274 e. The van der Waals surface area contributed by atoms with Crippen molar-refractivity contribution < 1.29 is 9.53 Å². The lowest BCUT2D eigenvalue weighted by Crippen LogP contribution is -2.39. The van der Waals surface area contributed by atoms with Gasteiger partial charge in [0.15, 0.2) is 0 Å². The molecule has 0 unspecified atom stereocenters. The number of morpholine rings is 1. The normalized spacial score (nSPS) is 14.8. The van der Waals surface area contributed by atoms with Crippen LogP contribution in [0.3, 0.4) is 0 Å². The van der Waals surface area contributed by atoms with Crippen LogP contribution >= 0.6 is 23.2 Å². The van der Waals surface area contributed by atoms with Crippen molar-refractivity contribution in [3.8, 4) is 0 Å². The molecule has 138 valence electrons. The highest BCUT2D eigenvalue weighted by Gasteiger charge is 2.10. The van der Waals surface area contributed by atoms with E-state index in [9.17, 15) is 4.79 Å². The lowest BCUT2D eigenvalue weighted by atomic mass is 10.2. The average molecular weight is 395 g/mol. The van der Waals surface area contributed by atoms with Gasteiger partial charge in [0, 0.05) is 41.9 Å². The first-order chi connectivity index (χ1) is 12.6. The SMILES string of the molecule is O=C(Nc1cc(Cl)cc(Cl)c1)c1ccc(NCCN2CCOCC2)cn1. The monoisotopic (exact) mass is 394 g/mol. The number of ether oxygens (including phenoxy) is 1. The average Bonchev–Trinajstić information content (AvgIpc) is 2.62. The molecule has 1 aromatic carbocycles. The van der Waals surface area contributed by atoms with E-state index < -0.39 is 0 Å². The first-order valence-corrected chi connectivity index (χ1v) is 9.13. The maximum absolute atomic E-state index is 12.3. The van der Waals surface area contributed by atoms with Crippen molar-refractivity contribution in [3.63, 3.8) is 0 Å². The van der Waals surface area contributed by atoms with Crippen LogP contribution < -0.4 is 10.6 Å². The van der Waals surface area contributed by atoms with Crippen LogP contribution in [0, 0.1) is 0 Å². The number of carbonyl (C=O) groups excluding carboxylic acids is 1. The van der Waals surface area contributed by atoms with Gasteiger partial charge in [-0.2, -0.15) is 0 Å². The van der Waals surface area contributed by atoms with E-state index >= 15 is 0 Å². The zero-order valence-corrected chi connectivity index (χ0v) is 15.7. The van der Waals surface area contributed by atoms with E-state index in [1.165, 1.54) is 0 Å². The fourth-order valence-corrected chi connectivity index (χ4v) is 3.16. The van der Waals surface area contributed by atoms with Gasteiger partial charge in [-0.25, -0.2) is 4.98 Å². The van der Waals surface area contributed by atoms with Crippen molar-refractivity contribution in [1.29, 1.82) is 0 Å². The number of hydrogen-bond donors (Lipinski definition) is 2. The molecule has 0 spiro atoms. The smallest absolute Gasteiger partial charge is 0.274 e. The van der Waals surface area contributed by atoms with Gasteiger partial charge in [0.1, 0.15) is 5.69 Å². The second kappa shape index (κ2) is 9.19. The van der Waals surface area contributed by atoms with E-state index in [-0.39, 0.29) is 5.91 Å². The van der Waals surface area contributed by atoms with Gasteiger partial charge < -0.3 is 15.4 Å². The van der Waals surface area contributed by atoms with E-state index in [2.05, 4.69) is 20.5 Å². The molecule has 1 amide bonds. The van der Waals surface area contributed by atoms with Crippen LogP contribution in [-0.2, 0) is 4.74 Å². The number of pyridine rings is 1. The molecule has 0 radical (unpaired) electrons. The Morgan fingerprint density at radius 2 is 1.85 bits per heavy atom. The fraction of sp³-hybridized carbons (Fsp3) is 0.333. The standard InChI is InChI=1S/C18H20Cl2N4O2/c19-13-9-14(20)11-16(10-13)23-18(25)17-2-1-15(12-22-17)21-3-4-24-5-7-26-8-6-24/h1-2,9-12,21H,3-8H2,(H,23,25). The summed E-state index contributed by atoms with van der Waals surface area (Å²) < 4.78 is 5.33. The van der Waals surface area contributed by atoms with Crippen molar-refractivity contribution >= 4 is 40.5 Å². The molecule has 3 rings (SSSR count). The molecule has 26 heavy (non-hydrogen) atoms. The van der Waals surface area contributed by atoms with Crippen LogP contribution in [0.1, 0.15) is 10.5 Å². The molecule has 0 saturated carbocycles. The predicted octanol–water partition coefficient (Wildman–Crippen LogP) is 3.38. The minimum Gasteiger partial charge on any atom is -0.383 e. The maximum atomic E-state index is 12.3. The highest BCUT2D eigenvalue weighted by Crippen LogP contribution is 2.22. The minimum atomic E-state index is -0.316. The largest absolute Gasteiger partial charge is 0.383 e. The van der Waals surface area contributed by atoms with Crippen LogP contribution in [0.25, 0.3) is 0 Å². The van der Waals surface area contributed by atoms with E-state index in [4.69, 9.17) is 27.9 Å². The molecule has 6 nitrogen and oxygen atoms in total. The molecule has 2 aromatic rings. The molecule has 2 heterocycles. The first kappa shape index (κ1) is 18.9. The Morgan fingerprint density at radius 3 is 2.50 bits per heavy atom. The third-order valence-corrected chi connectivity index (χ3v) is 4.41. The number of nitrogens with zero attached hydrogens (tertiary/aromatic N) is 2. The molecule has 1 aliphatic rings. The van der Waals surface area contributed by atoms with Crippen LogP contribution in [-0.4, -0.2) is 55.2 Å². The Labute approximate surface area is 162 Å². The molecule has 1 aromatic heterocycles. The summed E-state index contributed by atoms with van der Waals surface area (Å²) in [7, 11) is 0. The number of nitrogens with one attached hydrogen (secondary N) is 2. The van der Waals surface area contributed by atoms with E-state index in [0.29, 0.717) is 21.4 Å². The topological polar surface area (TPSA) is 66.5 Å². The summed E-state index contributed by atoms with van der Waals surface area (Å²) in [6.45, 7) is 5.28. The van der Waals surface area contributed by atoms with Gasteiger partial charge >= 0.3 is 0 Å². The van der Waals surface area contributed by atoms with Crippen LogP contribution in [0.15, 0.2) is 36.5 Å². The molecule has 0 atom stereocenters. The van der Waals surface area contributed by atoms with Gasteiger partial charge in [0.25, 0.3) is 5.91 Å². The summed E-state index contributed by atoms with van der Waals surface area (Å²) in [6, 6.07) is 8.39. The lowest BCUT2D eigenvalue weighted by molar-refractivity contribution is 0.0398. The highest BCUT2D eigenvalue weighted by atomic mass is 35.5. The number of rotatable bonds is 6. The van der Waals surface area contributed by atoms with Crippen molar-refractivity contribution in [2.24, 2.45) is 0 Å². The number of carbonyl (C=O) groups is 1. The number of halogens is 2. The van der Waals surface area contributed by atoms with E-state index in [1.54, 1.807) is 30.5 Å². The minimum absolute atomic E-state index is 0.316. The Hall–Kier alpha value is -1.86. The van der Waals surface area contributed by atoms with Gasteiger partial charge in [-0.3, -0.25) is 9.69 Å². The van der Waals surface area contributed by atoms with E-state index in [0.717, 1.165) is 45.1 Å². The molecule has 0 bridgehead atoms. The summed E-state index contributed by atoms with van der Waals surface area (Å²) >= 11 is 11.9. The van der Waals surface area contributed by atoms with E-state index in [1.807, 2.05) is 6.07 Å². The highest BCUT2D eigenvalue weighted by molar-refractivity contribution is 6.35. The summed E-state index contributed by atoms with van der Waals surface area (Å²) in [4.78, 5) is 18.8. The predicted molar refractivity (Wildman–Crippen MR) is 104 cm³/mol. The van der Waals surface area contributed by atoms with Crippen LogP contribution in [0.2, 0.25) is 10.0 Å². The summed E-state index contributed by atoms with van der Waals surface area (Å²) in [5.41, 5.74) is 1.72. The number of hydrogen-bond acceptors (Lipinski definition) is 5. The third kappa shape index (κ3) is 5.57. The van der Waals surface area contributed by atoms with Gasteiger partial charge in [0.2, 0.25) is 0 Å². The van der Waals surface area contributed by atoms with Crippen molar-refractivity contribution in [2.45, 2.75) is 0 Å².